The summed E-state index contributed by atoms with van der Waals surface area (Å²) in [6, 6.07) is 71.5. The number of hydrogen-bond acceptors (Lipinski definition) is 1. The molecule has 0 atom stereocenters. The lowest BCUT2D eigenvalue weighted by atomic mass is 9.97. The summed E-state index contributed by atoms with van der Waals surface area (Å²) in [5, 5.41) is 10.2. The standard InChI is InChI=1S/C52H32N2S/c1-2-13-38(14-3-1)53-48-27-23-36(31-44(48)45-32-37(24-28-49(45)53)40-17-10-20-51-52(40)42-16-7-9-19-50(42)55-51)35-22-26-47-43(30-35)41-15-6-8-18-46(41)54(47)39-25-21-33-11-4-5-12-34(33)29-39/h1-32H. The first-order valence-corrected chi connectivity index (χ1v) is 19.7. The van der Waals surface area contributed by atoms with E-state index in [1.165, 1.54) is 102 Å². The molecule has 0 saturated heterocycles. The van der Waals surface area contributed by atoms with Crippen LogP contribution >= 0.6 is 11.3 Å². The molecule has 12 aromatic rings. The lowest BCUT2D eigenvalue weighted by Gasteiger charge is -2.10. The van der Waals surface area contributed by atoms with Crippen LogP contribution in [0.3, 0.4) is 0 Å². The van der Waals surface area contributed by atoms with Crippen molar-refractivity contribution in [2.24, 2.45) is 0 Å². The summed E-state index contributed by atoms with van der Waals surface area (Å²) >= 11 is 1.87. The minimum atomic E-state index is 1.16. The minimum absolute atomic E-state index is 1.16. The highest BCUT2D eigenvalue weighted by Crippen LogP contribution is 2.43. The van der Waals surface area contributed by atoms with Crippen molar-refractivity contribution in [3.63, 3.8) is 0 Å². The van der Waals surface area contributed by atoms with Gasteiger partial charge >= 0.3 is 0 Å². The van der Waals surface area contributed by atoms with Crippen molar-refractivity contribution in [3.05, 3.63) is 194 Å². The number of hydrogen-bond donors (Lipinski definition) is 0. The third-order valence-corrected chi connectivity index (χ3v) is 12.6. The van der Waals surface area contributed by atoms with E-state index in [0.29, 0.717) is 0 Å². The Morgan fingerprint density at radius 2 is 0.873 bits per heavy atom. The van der Waals surface area contributed by atoms with Crippen molar-refractivity contribution in [2.45, 2.75) is 0 Å². The summed E-state index contributed by atoms with van der Waals surface area (Å²) < 4.78 is 7.48. The van der Waals surface area contributed by atoms with E-state index in [0.717, 1.165) is 5.69 Å². The zero-order valence-corrected chi connectivity index (χ0v) is 30.6. The van der Waals surface area contributed by atoms with E-state index in [4.69, 9.17) is 0 Å². The van der Waals surface area contributed by atoms with Crippen LogP contribution in [-0.4, -0.2) is 9.13 Å². The molecule has 3 aromatic heterocycles. The van der Waals surface area contributed by atoms with Gasteiger partial charge in [0.1, 0.15) is 0 Å². The number of rotatable bonds is 4. The maximum Gasteiger partial charge on any atom is 0.0541 e. The van der Waals surface area contributed by atoms with Crippen molar-refractivity contribution in [1.29, 1.82) is 0 Å². The van der Waals surface area contributed by atoms with Crippen LogP contribution in [0.2, 0.25) is 0 Å². The Hall–Kier alpha value is -6.94. The van der Waals surface area contributed by atoms with Crippen LogP contribution in [0.5, 0.6) is 0 Å². The van der Waals surface area contributed by atoms with Crippen molar-refractivity contribution in [2.75, 3.05) is 0 Å². The number of para-hydroxylation sites is 2. The Kier molecular flexibility index (Phi) is 6.54. The van der Waals surface area contributed by atoms with Gasteiger partial charge in [0.15, 0.2) is 0 Å². The Labute approximate surface area is 321 Å². The van der Waals surface area contributed by atoms with Crippen molar-refractivity contribution in [1.82, 2.24) is 9.13 Å². The quantitative estimate of drug-likeness (QED) is 0.172. The van der Waals surface area contributed by atoms with Crippen molar-refractivity contribution < 1.29 is 0 Å². The van der Waals surface area contributed by atoms with Gasteiger partial charge in [0.05, 0.1) is 22.1 Å². The monoisotopic (exact) mass is 716 g/mol. The van der Waals surface area contributed by atoms with Gasteiger partial charge in [0.2, 0.25) is 0 Å². The first kappa shape index (κ1) is 30.5. The first-order valence-electron chi connectivity index (χ1n) is 18.8. The van der Waals surface area contributed by atoms with E-state index in [1.807, 2.05) is 11.3 Å². The molecule has 55 heavy (non-hydrogen) atoms. The molecule has 0 spiro atoms. The second kappa shape index (κ2) is 11.8. The van der Waals surface area contributed by atoms with Crippen LogP contribution in [0, 0.1) is 0 Å². The summed E-state index contributed by atoms with van der Waals surface area (Å²) in [6.45, 7) is 0. The predicted molar refractivity (Wildman–Crippen MR) is 236 cm³/mol. The van der Waals surface area contributed by atoms with Gasteiger partial charge in [-0.15, -0.1) is 11.3 Å². The maximum absolute atomic E-state index is 2.42. The fourth-order valence-electron chi connectivity index (χ4n) is 8.99. The number of benzene rings is 9. The first-order chi connectivity index (χ1) is 27.3. The summed E-state index contributed by atoms with van der Waals surface area (Å²) in [5.74, 6) is 0. The average molecular weight is 717 g/mol. The van der Waals surface area contributed by atoms with Gasteiger partial charge in [-0.1, -0.05) is 115 Å². The molecule has 256 valence electrons. The third kappa shape index (κ3) is 4.60. The predicted octanol–water partition coefficient (Wildman–Crippen LogP) is 14.7. The Bertz CT molecular complexity index is 3490. The van der Waals surface area contributed by atoms with Crippen LogP contribution in [0.25, 0.3) is 108 Å². The molecule has 2 nitrogen and oxygen atoms in total. The normalized spacial score (nSPS) is 12.0. The van der Waals surface area contributed by atoms with Crippen LogP contribution in [-0.2, 0) is 0 Å². The second-order valence-corrected chi connectivity index (χ2v) is 15.6. The molecule has 0 aliphatic rings. The minimum Gasteiger partial charge on any atom is -0.309 e. The Balaban J connectivity index is 1.07. The molecule has 0 N–H and O–H groups in total. The molecule has 0 saturated carbocycles. The van der Waals surface area contributed by atoms with E-state index in [1.54, 1.807) is 0 Å². The molecule has 0 aliphatic heterocycles. The smallest absolute Gasteiger partial charge is 0.0541 e. The summed E-state index contributed by atoms with van der Waals surface area (Å²) in [6.07, 6.45) is 0. The largest absolute Gasteiger partial charge is 0.309 e. The van der Waals surface area contributed by atoms with Gasteiger partial charge in [-0.05, 0) is 112 Å². The highest BCUT2D eigenvalue weighted by atomic mass is 32.1. The van der Waals surface area contributed by atoms with Crippen LogP contribution in [0.1, 0.15) is 0 Å². The molecule has 0 unspecified atom stereocenters. The van der Waals surface area contributed by atoms with E-state index in [9.17, 15) is 0 Å². The average Bonchev–Trinajstić information content (AvgIpc) is 3.91. The molecule has 3 heterocycles. The number of thiophene rings is 1. The van der Waals surface area contributed by atoms with Crippen LogP contribution in [0.4, 0.5) is 0 Å². The van der Waals surface area contributed by atoms with E-state index in [-0.39, 0.29) is 0 Å². The number of fused-ring (bicyclic) bond motifs is 10. The fourth-order valence-corrected chi connectivity index (χ4v) is 10.1. The highest BCUT2D eigenvalue weighted by molar-refractivity contribution is 7.25. The lowest BCUT2D eigenvalue weighted by molar-refractivity contribution is 1.18. The summed E-state index contributed by atoms with van der Waals surface area (Å²) in [5.41, 5.74) is 12.1. The van der Waals surface area contributed by atoms with Crippen LogP contribution in [0.15, 0.2) is 194 Å². The lowest BCUT2D eigenvalue weighted by Crippen LogP contribution is -1.94. The molecular formula is C52H32N2S. The molecule has 0 amide bonds. The van der Waals surface area contributed by atoms with Gasteiger partial charge in [0.25, 0.3) is 0 Å². The number of nitrogens with zero attached hydrogens (tertiary/aromatic N) is 2. The molecular weight excluding hydrogens is 685 g/mol. The topological polar surface area (TPSA) is 9.86 Å². The van der Waals surface area contributed by atoms with E-state index < -0.39 is 0 Å². The Morgan fingerprint density at radius 1 is 0.309 bits per heavy atom. The molecule has 9 aromatic carbocycles. The zero-order chi connectivity index (χ0) is 36.0. The van der Waals surface area contributed by atoms with Crippen molar-refractivity contribution >= 4 is 85.9 Å². The highest BCUT2D eigenvalue weighted by Gasteiger charge is 2.18. The van der Waals surface area contributed by atoms with Gasteiger partial charge in [-0.2, -0.15) is 0 Å². The molecule has 0 bridgehead atoms. The summed E-state index contributed by atoms with van der Waals surface area (Å²) in [4.78, 5) is 0. The SMILES string of the molecule is c1ccc(-n2c3ccc(-c4ccc5c(c4)c4ccccc4n5-c4ccc5ccccc5c4)cc3c3cc(-c4cccc5sc6ccccc6c45)ccc32)cc1. The Morgan fingerprint density at radius 3 is 1.65 bits per heavy atom. The molecule has 0 radical (unpaired) electrons. The van der Waals surface area contributed by atoms with E-state index in [2.05, 4.69) is 203 Å². The van der Waals surface area contributed by atoms with Gasteiger partial charge in [-0.3, -0.25) is 0 Å². The molecule has 3 heteroatoms. The molecule has 12 rings (SSSR count). The third-order valence-electron chi connectivity index (χ3n) is 11.5. The fraction of sp³-hybridized carbons (Fsp3) is 0. The summed E-state index contributed by atoms with van der Waals surface area (Å²) in [7, 11) is 0. The zero-order valence-electron chi connectivity index (χ0n) is 29.8. The molecule has 0 aliphatic carbocycles. The molecule has 0 fully saturated rings. The van der Waals surface area contributed by atoms with Gasteiger partial charge < -0.3 is 9.13 Å². The maximum atomic E-state index is 2.42. The van der Waals surface area contributed by atoms with Crippen LogP contribution < -0.4 is 0 Å². The van der Waals surface area contributed by atoms with E-state index >= 15 is 0 Å². The number of aromatic nitrogens is 2. The second-order valence-electron chi connectivity index (χ2n) is 14.5. The van der Waals surface area contributed by atoms with Crippen molar-refractivity contribution in [3.8, 4) is 33.6 Å². The van der Waals surface area contributed by atoms with Gasteiger partial charge in [0, 0.05) is 53.1 Å². The van der Waals surface area contributed by atoms with Gasteiger partial charge in [-0.25, -0.2) is 0 Å².